The molecule has 19 heavy (non-hydrogen) atoms. The molecule has 0 aliphatic carbocycles. The number of hydrogen-bond acceptors (Lipinski definition) is 2. The Kier molecular flexibility index (Phi) is 4.69. The molecular weight excluding hydrogens is 324 g/mol. The lowest BCUT2D eigenvalue weighted by Gasteiger charge is -2.31. The highest BCUT2D eigenvalue weighted by molar-refractivity contribution is 9.10. The highest BCUT2D eigenvalue weighted by atomic mass is 79.9. The van der Waals surface area contributed by atoms with E-state index in [4.69, 9.17) is 11.6 Å². The maximum atomic E-state index is 6.16. The second-order valence-electron chi connectivity index (χ2n) is 4.74. The third kappa shape index (κ3) is 2.87. The summed E-state index contributed by atoms with van der Waals surface area (Å²) in [7, 11) is 0. The summed E-state index contributed by atoms with van der Waals surface area (Å²) in [5.41, 5.74) is -0.0921. The summed E-state index contributed by atoms with van der Waals surface area (Å²) in [4.78, 5) is 4.49. The van der Waals surface area contributed by atoms with Crippen LogP contribution in [0.2, 0.25) is 0 Å². The minimum absolute atomic E-state index is 0.0921. The predicted molar refractivity (Wildman–Crippen MR) is 87.1 cm³/mol. The number of anilines is 1. The Morgan fingerprint density at radius 3 is 2.58 bits per heavy atom. The second kappa shape index (κ2) is 6.10. The van der Waals surface area contributed by atoms with Crippen LogP contribution in [-0.2, 0) is 0 Å². The fraction of sp³-hybridized carbons (Fsp3) is 0.400. The third-order valence-electron chi connectivity index (χ3n) is 3.75. The monoisotopic (exact) mass is 340 g/mol. The highest BCUT2D eigenvalue weighted by Crippen LogP contribution is 2.31. The molecule has 2 aromatic rings. The van der Waals surface area contributed by atoms with E-state index in [2.05, 4.69) is 46.1 Å². The van der Waals surface area contributed by atoms with E-state index in [9.17, 15) is 0 Å². The molecule has 0 saturated heterocycles. The zero-order valence-electron chi connectivity index (χ0n) is 11.2. The van der Waals surface area contributed by atoms with Gasteiger partial charge in [-0.2, -0.15) is 0 Å². The molecule has 1 N–H and O–H groups in total. The Morgan fingerprint density at radius 2 is 1.95 bits per heavy atom. The fourth-order valence-electron chi connectivity index (χ4n) is 2.17. The van der Waals surface area contributed by atoms with Crippen molar-refractivity contribution in [3.63, 3.8) is 0 Å². The highest BCUT2D eigenvalue weighted by Gasteiger charge is 2.25. The van der Waals surface area contributed by atoms with Crippen LogP contribution < -0.4 is 5.32 Å². The number of benzene rings is 1. The van der Waals surface area contributed by atoms with Crippen LogP contribution >= 0.6 is 27.5 Å². The summed E-state index contributed by atoms with van der Waals surface area (Å²) in [5, 5.41) is 5.83. The van der Waals surface area contributed by atoms with Crippen LogP contribution in [0.15, 0.2) is 34.9 Å². The van der Waals surface area contributed by atoms with Crippen LogP contribution in [0.4, 0.5) is 5.82 Å². The molecule has 1 aromatic heterocycles. The molecule has 2 rings (SSSR count). The van der Waals surface area contributed by atoms with Crippen LogP contribution in [0.3, 0.4) is 0 Å². The number of fused-ring (bicyclic) bond motifs is 1. The molecule has 0 bridgehead atoms. The number of halogens is 2. The molecule has 4 heteroatoms. The van der Waals surface area contributed by atoms with Gasteiger partial charge in [-0.05, 0) is 25.0 Å². The summed E-state index contributed by atoms with van der Waals surface area (Å²) >= 11 is 9.74. The van der Waals surface area contributed by atoms with Crippen molar-refractivity contribution in [3.05, 3.63) is 34.9 Å². The number of hydrogen-bond donors (Lipinski definition) is 1. The lowest BCUT2D eigenvalue weighted by Crippen LogP contribution is -2.39. The molecule has 0 unspecified atom stereocenters. The molecule has 0 aliphatic rings. The molecule has 0 amide bonds. The van der Waals surface area contributed by atoms with Crippen molar-refractivity contribution < 1.29 is 0 Å². The third-order valence-corrected chi connectivity index (χ3v) is 4.95. The minimum Gasteiger partial charge on any atom is -0.363 e. The molecule has 102 valence electrons. The first-order chi connectivity index (χ1) is 9.15. The average Bonchev–Trinajstić information content (AvgIpc) is 2.46. The van der Waals surface area contributed by atoms with Crippen molar-refractivity contribution in [3.8, 4) is 0 Å². The minimum atomic E-state index is -0.0921. The van der Waals surface area contributed by atoms with Crippen molar-refractivity contribution in [1.29, 1.82) is 0 Å². The summed E-state index contributed by atoms with van der Waals surface area (Å²) in [6.45, 7) is 4.31. The first kappa shape index (κ1) is 14.6. The lowest BCUT2D eigenvalue weighted by molar-refractivity contribution is 0.483. The van der Waals surface area contributed by atoms with Gasteiger partial charge >= 0.3 is 0 Å². The molecule has 0 radical (unpaired) electrons. The van der Waals surface area contributed by atoms with E-state index in [1.807, 2.05) is 24.4 Å². The van der Waals surface area contributed by atoms with Gasteiger partial charge < -0.3 is 5.32 Å². The van der Waals surface area contributed by atoms with E-state index in [1.54, 1.807) is 0 Å². The number of aromatic nitrogens is 1. The largest absolute Gasteiger partial charge is 0.363 e. The number of nitrogens with one attached hydrogen (secondary N) is 1. The summed E-state index contributed by atoms with van der Waals surface area (Å²) in [6.07, 6.45) is 3.78. The molecule has 1 heterocycles. The van der Waals surface area contributed by atoms with Crippen LogP contribution in [0, 0.1) is 0 Å². The van der Waals surface area contributed by atoms with Gasteiger partial charge in [-0.3, -0.25) is 0 Å². The molecule has 0 spiro atoms. The normalized spacial score (nSPS) is 11.8. The van der Waals surface area contributed by atoms with E-state index < -0.39 is 0 Å². The van der Waals surface area contributed by atoms with Crippen molar-refractivity contribution in [2.45, 2.75) is 32.2 Å². The van der Waals surface area contributed by atoms with Crippen molar-refractivity contribution in [2.24, 2.45) is 0 Å². The van der Waals surface area contributed by atoms with Crippen molar-refractivity contribution in [2.75, 3.05) is 11.2 Å². The Labute approximate surface area is 127 Å². The molecule has 0 saturated carbocycles. The zero-order chi connectivity index (χ0) is 13.9. The van der Waals surface area contributed by atoms with Gasteiger partial charge in [0.15, 0.2) is 0 Å². The molecular formula is C15H18BrClN2. The van der Waals surface area contributed by atoms with Gasteiger partial charge in [-0.25, -0.2) is 4.98 Å². The number of nitrogens with zero attached hydrogens (tertiary/aromatic N) is 1. The standard InChI is InChI=1S/C15H18BrClN2/c1-3-15(4-2,10-17)19-14-12-6-5-7-13(16)11(12)8-9-18-14/h5-9H,3-4,10H2,1-2H3,(H,18,19). The smallest absolute Gasteiger partial charge is 0.134 e. The number of alkyl halides is 1. The molecule has 1 aromatic carbocycles. The first-order valence-electron chi connectivity index (χ1n) is 6.53. The Bertz CT molecular complexity index is 559. The van der Waals surface area contributed by atoms with Gasteiger partial charge in [-0.15, -0.1) is 11.6 Å². The van der Waals surface area contributed by atoms with Gasteiger partial charge in [-0.1, -0.05) is 41.9 Å². The van der Waals surface area contributed by atoms with Crippen molar-refractivity contribution in [1.82, 2.24) is 4.98 Å². The van der Waals surface area contributed by atoms with Gasteiger partial charge in [0.25, 0.3) is 0 Å². The Hall–Kier alpha value is -0.800. The molecule has 0 atom stereocenters. The summed E-state index contributed by atoms with van der Waals surface area (Å²) in [6, 6.07) is 8.17. The van der Waals surface area contributed by atoms with E-state index in [0.717, 1.165) is 33.9 Å². The second-order valence-corrected chi connectivity index (χ2v) is 5.86. The Balaban J connectivity index is 2.49. The average molecular weight is 342 g/mol. The maximum absolute atomic E-state index is 6.16. The first-order valence-corrected chi connectivity index (χ1v) is 7.86. The lowest BCUT2D eigenvalue weighted by atomic mass is 9.95. The van der Waals surface area contributed by atoms with Gasteiger partial charge in [0.1, 0.15) is 5.82 Å². The molecule has 0 aliphatic heterocycles. The van der Waals surface area contributed by atoms with Gasteiger partial charge in [0.2, 0.25) is 0 Å². The van der Waals surface area contributed by atoms with E-state index in [-0.39, 0.29) is 5.54 Å². The SMILES string of the molecule is CCC(CC)(CCl)Nc1nccc2c(Br)cccc12. The van der Waals surface area contributed by atoms with Crippen LogP contribution in [0.5, 0.6) is 0 Å². The van der Waals surface area contributed by atoms with Gasteiger partial charge in [0, 0.05) is 27.3 Å². The summed E-state index contributed by atoms with van der Waals surface area (Å²) < 4.78 is 1.08. The van der Waals surface area contributed by atoms with Crippen LogP contribution in [-0.4, -0.2) is 16.4 Å². The van der Waals surface area contributed by atoms with E-state index >= 15 is 0 Å². The molecule has 2 nitrogen and oxygen atoms in total. The van der Waals surface area contributed by atoms with Crippen molar-refractivity contribution >= 4 is 44.1 Å². The van der Waals surface area contributed by atoms with Crippen LogP contribution in [0.25, 0.3) is 10.8 Å². The number of rotatable bonds is 5. The number of pyridine rings is 1. The zero-order valence-corrected chi connectivity index (χ0v) is 13.6. The topological polar surface area (TPSA) is 24.9 Å². The van der Waals surface area contributed by atoms with E-state index in [1.165, 1.54) is 0 Å². The molecule has 0 fully saturated rings. The van der Waals surface area contributed by atoms with E-state index in [0.29, 0.717) is 5.88 Å². The summed E-state index contributed by atoms with van der Waals surface area (Å²) in [5.74, 6) is 1.48. The Morgan fingerprint density at radius 1 is 1.21 bits per heavy atom. The fourth-order valence-corrected chi connectivity index (χ4v) is 3.11. The van der Waals surface area contributed by atoms with Gasteiger partial charge in [0.05, 0.1) is 5.54 Å². The predicted octanol–water partition coefficient (Wildman–Crippen LogP) is 5.21. The quantitative estimate of drug-likeness (QED) is 0.755. The maximum Gasteiger partial charge on any atom is 0.134 e. The van der Waals surface area contributed by atoms with Crippen LogP contribution in [0.1, 0.15) is 26.7 Å².